The molecule has 1 fully saturated rings. The lowest BCUT2D eigenvalue weighted by Crippen LogP contribution is -2.77. The quantitative estimate of drug-likeness (QED) is 0.499. The van der Waals surface area contributed by atoms with Gasteiger partial charge in [0.05, 0.1) is 0 Å². The molecule has 0 spiro atoms. The highest BCUT2D eigenvalue weighted by molar-refractivity contribution is 5.22. The summed E-state index contributed by atoms with van der Waals surface area (Å²) < 4.78 is 63.6. The van der Waals surface area contributed by atoms with Crippen LogP contribution in [0.5, 0.6) is 0 Å². The summed E-state index contributed by atoms with van der Waals surface area (Å²) in [5.41, 5.74) is -3.84. The zero-order valence-electron chi connectivity index (χ0n) is 7.56. The van der Waals surface area contributed by atoms with E-state index in [1.807, 2.05) is 0 Å². The van der Waals surface area contributed by atoms with Gasteiger partial charge in [0.1, 0.15) is 0 Å². The maximum Gasteiger partial charge on any atom is 0.423 e. The minimum Gasteiger partial charge on any atom is -0.376 e. The number of alkyl halides is 5. The van der Waals surface area contributed by atoms with Crippen LogP contribution in [0.3, 0.4) is 0 Å². The van der Waals surface area contributed by atoms with Crippen LogP contribution in [0.25, 0.3) is 0 Å². The summed E-state index contributed by atoms with van der Waals surface area (Å²) in [5, 5.41) is 9.16. The third-order valence-electron chi connectivity index (χ3n) is 3.38. The third-order valence-corrected chi connectivity index (χ3v) is 3.38. The largest absolute Gasteiger partial charge is 0.423 e. The van der Waals surface area contributed by atoms with Gasteiger partial charge in [0.25, 0.3) is 5.92 Å². The second-order valence-electron chi connectivity index (χ2n) is 4.04. The lowest BCUT2D eigenvalue weighted by molar-refractivity contribution is -0.424. The van der Waals surface area contributed by atoms with Crippen LogP contribution in [-0.2, 0) is 0 Å². The van der Waals surface area contributed by atoms with E-state index in [-0.39, 0.29) is 12.8 Å². The van der Waals surface area contributed by atoms with E-state index in [1.54, 1.807) is 0 Å². The van der Waals surface area contributed by atoms with Crippen LogP contribution in [0.1, 0.15) is 12.8 Å². The lowest BCUT2D eigenvalue weighted by atomic mass is 9.54. The van der Waals surface area contributed by atoms with Gasteiger partial charge in [0.2, 0.25) is 5.60 Å². The van der Waals surface area contributed by atoms with Gasteiger partial charge in [-0.2, -0.15) is 13.2 Å². The minimum atomic E-state index is -5.27. The molecule has 0 aromatic heterocycles. The topological polar surface area (TPSA) is 20.2 Å². The Kier molecular flexibility index (Phi) is 1.97. The van der Waals surface area contributed by atoms with E-state index in [2.05, 4.69) is 0 Å². The van der Waals surface area contributed by atoms with Gasteiger partial charge in [-0.15, -0.1) is 0 Å². The molecular formula is C9H9F5O. The van der Waals surface area contributed by atoms with Crippen molar-refractivity contribution in [1.29, 1.82) is 0 Å². The molecule has 1 N–H and O–H groups in total. The van der Waals surface area contributed by atoms with Crippen LogP contribution in [-0.4, -0.2) is 22.8 Å². The van der Waals surface area contributed by atoms with Gasteiger partial charge in [-0.05, 0) is 12.8 Å². The Balaban J connectivity index is 2.38. The van der Waals surface area contributed by atoms with Gasteiger partial charge in [-0.25, -0.2) is 8.78 Å². The highest BCUT2D eigenvalue weighted by Crippen LogP contribution is 2.65. The maximum absolute atomic E-state index is 13.2. The summed E-state index contributed by atoms with van der Waals surface area (Å²) in [6.45, 7) is 0. The van der Waals surface area contributed by atoms with Gasteiger partial charge in [0.15, 0.2) is 0 Å². The molecule has 0 aromatic rings. The van der Waals surface area contributed by atoms with E-state index in [1.165, 1.54) is 12.2 Å². The van der Waals surface area contributed by atoms with Crippen LogP contribution in [0.4, 0.5) is 22.0 Å². The van der Waals surface area contributed by atoms with Gasteiger partial charge < -0.3 is 5.11 Å². The van der Waals surface area contributed by atoms with Gasteiger partial charge in [-0.3, -0.25) is 0 Å². The minimum absolute atomic E-state index is 0.101. The third kappa shape index (κ3) is 1.06. The first-order valence-corrected chi connectivity index (χ1v) is 4.55. The lowest BCUT2D eigenvalue weighted by Gasteiger charge is -2.58. The van der Waals surface area contributed by atoms with Crippen molar-refractivity contribution in [3.05, 3.63) is 12.2 Å². The highest BCUT2D eigenvalue weighted by atomic mass is 19.4. The fraction of sp³-hybridized carbons (Fsp3) is 0.778. The summed E-state index contributed by atoms with van der Waals surface area (Å²) in [4.78, 5) is 0. The summed E-state index contributed by atoms with van der Waals surface area (Å²) in [6, 6.07) is 0. The van der Waals surface area contributed by atoms with Crippen molar-refractivity contribution in [3.8, 4) is 0 Å². The van der Waals surface area contributed by atoms with Crippen molar-refractivity contribution in [1.82, 2.24) is 0 Å². The van der Waals surface area contributed by atoms with E-state index < -0.39 is 29.5 Å². The smallest absolute Gasteiger partial charge is 0.376 e. The molecule has 3 unspecified atom stereocenters. The molecule has 0 bridgehead atoms. The monoisotopic (exact) mass is 228 g/mol. The van der Waals surface area contributed by atoms with Crippen molar-refractivity contribution in [2.75, 3.05) is 0 Å². The average molecular weight is 228 g/mol. The first-order chi connectivity index (χ1) is 6.73. The molecule has 1 saturated carbocycles. The summed E-state index contributed by atoms with van der Waals surface area (Å²) in [5.74, 6) is -6.85. The second-order valence-corrected chi connectivity index (χ2v) is 4.04. The molecule has 2 aliphatic rings. The van der Waals surface area contributed by atoms with Crippen LogP contribution in [0.15, 0.2) is 12.2 Å². The Morgan fingerprint density at radius 2 is 1.53 bits per heavy atom. The molecule has 86 valence electrons. The van der Waals surface area contributed by atoms with Gasteiger partial charge in [-0.1, -0.05) is 12.2 Å². The predicted molar refractivity (Wildman–Crippen MR) is 41.3 cm³/mol. The zero-order chi connectivity index (χ0) is 11.5. The molecule has 2 rings (SSSR count). The Morgan fingerprint density at radius 3 is 2.00 bits per heavy atom. The van der Waals surface area contributed by atoms with E-state index >= 15 is 0 Å². The fourth-order valence-electron chi connectivity index (χ4n) is 2.51. The molecule has 0 radical (unpaired) electrons. The van der Waals surface area contributed by atoms with Crippen LogP contribution >= 0.6 is 0 Å². The molecule has 3 atom stereocenters. The second kappa shape index (κ2) is 2.72. The number of fused-ring (bicyclic) bond motifs is 1. The number of halogens is 5. The molecule has 0 aromatic carbocycles. The van der Waals surface area contributed by atoms with E-state index in [9.17, 15) is 22.0 Å². The van der Waals surface area contributed by atoms with E-state index in [0.717, 1.165) is 0 Å². The molecule has 15 heavy (non-hydrogen) atoms. The Hall–Kier alpha value is -0.650. The van der Waals surface area contributed by atoms with Crippen molar-refractivity contribution in [3.63, 3.8) is 0 Å². The number of hydrogen-bond donors (Lipinski definition) is 1. The molecule has 0 saturated heterocycles. The van der Waals surface area contributed by atoms with Crippen molar-refractivity contribution < 1.29 is 27.1 Å². The molecule has 1 nitrogen and oxygen atoms in total. The number of rotatable bonds is 0. The zero-order valence-corrected chi connectivity index (χ0v) is 7.56. The molecule has 0 amide bonds. The van der Waals surface area contributed by atoms with Gasteiger partial charge >= 0.3 is 6.18 Å². The number of hydrogen-bond acceptors (Lipinski definition) is 1. The summed E-state index contributed by atoms with van der Waals surface area (Å²) in [6.07, 6.45) is -2.67. The summed E-state index contributed by atoms with van der Waals surface area (Å²) in [7, 11) is 0. The first-order valence-electron chi connectivity index (χ1n) is 4.55. The molecule has 0 aliphatic heterocycles. The molecule has 6 heteroatoms. The fourth-order valence-corrected chi connectivity index (χ4v) is 2.51. The van der Waals surface area contributed by atoms with Crippen LogP contribution in [0, 0.1) is 11.8 Å². The normalized spacial score (nSPS) is 43.3. The maximum atomic E-state index is 13.2. The summed E-state index contributed by atoms with van der Waals surface area (Å²) >= 11 is 0. The molecule has 2 aliphatic carbocycles. The molecule has 0 heterocycles. The average Bonchev–Trinajstić information content (AvgIpc) is 2.15. The molecular weight excluding hydrogens is 219 g/mol. The standard InChI is InChI=1S/C9H9F5O/c10-8(11)6-4-2-1-3-5(6)7(8,15)9(12,13)14/h1-2,5-6,15H,3-4H2. The van der Waals surface area contributed by atoms with Crippen molar-refractivity contribution >= 4 is 0 Å². The number of allylic oxidation sites excluding steroid dienone is 2. The van der Waals surface area contributed by atoms with Crippen molar-refractivity contribution in [2.45, 2.75) is 30.5 Å². The van der Waals surface area contributed by atoms with Gasteiger partial charge in [0, 0.05) is 11.8 Å². The highest BCUT2D eigenvalue weighted by Gasteiger charge is 2.84. The Bertz CT molecular complexity index is 308. The first kappa shape index (κ1) is 10.9. The van der Waals surface area contributed by atoms with E-state index in [0.29, 0.717) is 0 Å². The van der Waals surface area contributed by atoms with Crippen molar-refractivity contribution in [2.24, 2.45) is 11.8 Å². The van der Waals surface area contributed by atoms with Crippen LogP contribution < -0.4 is 0 Å². The Morgan fingerprint density at radius 1 is 1.07 bits per heavy atom. The predicted octanol–water partition coefficient (Wildman–Crippen LogP) is 2.51. The number of aliphatic hydroxyl groups is 1. The SMILES string of the molecule is OC1(C(F)(F)F)C2CC=CCC2C1(F)F. The van der Waals surface area contributed by atoms with E-state index in [4.69, 9.17) is 5.11 Å². The van der Waals surface area contributed by atoms with Crippen LogP contribution in [0.2, 0.25) is 0 Å². The Labute approximate surface area is 82.6 Å².